The molecule has 0 unspecified atom stereocenters. The van der Waals surface area contributed by atoms with Gasteiger partial charge in [-0.05, 0) is 30.7 Å². The molecule has 2 aliphatic rings. The third kappa shape index (κ3) is 2.50. The third-order valence-corrected chi connectivity index (χ3v) is 5.93. The van der Waals surface area contributed by atoms with Gasteiger partial charge < -0.3 is 10.2 Å². The molecule has 0 fully saturated rings. The summed E-state index contributed by atoms with van der Waals surface area (Å²) in [5, 5.41) is 2.84. The zero-order valence-electron chi connectivity index (χ0n) is 14.6. The molecule has 6 nitrogen and oxygen atoms in total. The Balaban J connectivity index is 1.65. The highest BCUT2D eigenvalue weighted by Gasteiger charge is 2.27. The number of hydrogen-bond acceptors (Lipinski definition) is 5. The van der Waals surface area contributed by atoms with Gasteiger partial charge in [0.2, 0.25) is 0 Å². The van der Waals surface area contributed by atoms with E-state index in [0.717, 1.165) is 22.5 Å². The fraction of sp³-hybridized carbons (Fsp3) is 0.150. The summed E-state index contributed by atoms with van der Waals surface area (Å²) in [6, 6.07) is 15.6. The van der Waals surface area contributed by atoms with Crippen LogP contribution in [0.2, 0.25) is 0 Å². The molecule has 0 aliphatic carbocycles. The summed E-state index contributed by atoms with van der Waals surface area (Å²) in [5.74, 6) is -0.233. The highest BCUT2D eigenvalue weighted by Crippen LogP contribution is 2.29. The van der Waals surface area contributed by atoms with Crippen LogP contribution in [0.3, 0.4) is 0 Å². The first kappa shape index (κ1) is 16.0. The molecule has 2 aliphatic heterocycles. The van der Waals surface area contributed by atoms with Crippen LogP contribution in [0.25, 0.3) is 5.57 Å². The summed E-state index contributed by atoms with van der Waals surface area (Å²) >= 11 is 1.29. The molecule has 0 spiro atoms. The average molecular weight is 376 g/mol. The van der Waals surface area contributed by atoms with E-state index in [2.05, 4.69) is 16.4 Å². The van der Waals surface area contributed by atoms with Crippen molar-refractivity contribution in [3.63, 3.8) is 0 Å². The molecule has 134 valence electrons. The van der Waals surface area contributed by atoms with Gasteiger partial charge in [-0.3, -0.25) is 14.2 Å². The summed E-state index contributed by atoms with van der Waals surface area (Å²) in [6.07, 6.45) is 0. The maximum atomic E-state index is 13.1. The van der Waals surface area contributed by atoms with E-state index < -0.39 is 0 Å². The number of rotatable bonds is 1. The predicted octanol–water partition coefficient (Wildman–Crippen LogP) is 1.42. The van der Waals surface area contributed by atoms with Crippen LogP contribution in [0.4, 0.5) is 11.4 Å². The van der Waals surface area contributed by atoms with E-state index in [0.29, 0.717) is 28.2 Å². The van der Waals surface area contributed by atoms with Crippen molar-refractivity contribution in [2.24, 2.45) is 4.99 Å². The van der Waals surface area contributed by atoms with Gasteiger partial charge in [-0.2, -0.15) is 0 Å². The lowest BCUT2D eigenvalue weighted by molar-refractivity contribution is -0.110. The summed E-state index contributed by atoms with van der Waals surface area (Å²) in [7, 11) is 0. The predicted molar refractivity (Wildman–Crippen MR) is 105 cm³/mol. The van der Waals surface area contributed by atoms with Gasteiger partial charge in [0, 0.05) is 16.9 Å². The number of thiazole rings is 1. The topological polar surface area (TPSA) is 66.7 Å². The Kier molecular flexibility index (Phi) is 3.51. The van der Waals surface area contributed by atoms with E-state index in [9.17, 15) is 9.59 Å². The molecule has 1 amide bonds. The molecule has 0 bridgehead atoms. The molecule has 27 heavy (non-hydrogen) atoms. The molecular weight excluding hydrogens is 360 g/mol. The zero-order chi connectivity index (χ0) is 18.5. The number of benzene rings is 2. The Hall–Kier alpha value is -3.19. The van der Waals surface area contributed by atoms with Crippen molar-refractivity contribution < 1.29 is 4.79 Å². The zero-order valence-corrected chi connectivity index (χ0v) is 15.4. The van der Waals surface area contributed by atoms with Crippen molar-refractivity contribution in [2.75, 3.05) is 16.9 Å². The minimum atomic E-state index is -0.233. The third-order valence-electron chi connectivity index (χ3n) is 4.82. The van der Waals surface area contributed by atoms with Crippen LogP contribution in [0.1, 0.15) is 11.1 Å². The highest BCUT2D eigenvalue weighted by atomic mass is 32.1. The number of carbonyl (C=O) groups is 1. The van der Waals surface area contributed by atoms with Crippen LogP contribution in [-0.2, 0) is 11.5 Å². The fourth-order valence-corrected chi connectivity index (χ4v) is 4.55. The maximum absolute atomic E-state index is 13.1. The number of aryl methyl sites for hydroxylation is 1. The smallest absolute Gasteiger partial charge is 0.272 e. The first-order chi connectivity index (χ1) is 13.1. The summed E-state index contributed by atoms with van der Waals surface area (Å²) in [6.45, 7) is 2.95. The second kappa shape index (κ2) is 5.92. The van der Waals surface area contributed by atoms with E-state index in [-0.39, 0.29) is 11.5 Å². The number of nitrogens with zero attached hydrogens (tertiary/aromatic N) is 3. The van der Waals surface area contributed by atoms with Gasteiger partial charge in [-0.25, -0.2) is 4.99 Å². The van der Waals surface area contributed by atoms with Gasteiger partial charge in [0.15, 0.2) is 4.80 Å². The number of para-hydroxylation sites is 1. The number of fused-ring (bicyclic) bond motifs is 2. The molecule has 5 rings (SSSR count). The van der Waals surface area contributed by atoms with Crippen LogP contribution in [0.15, 0.2) is 58.3 Å². The van der Waals surface area contributed by atoms with Crippen LogP contribution >= 0.6 is 11.3 Å². The quantitative estimate of drug-likeness (QED) is 0.699. The van der Waals surface area contributed by atoms with Crippen LogP contribution in [0, 0.1) is 6.92 Å². The van der Waals surface area contributed by atoms with Gasteiger partial charge in [-0.15, -0.1) is 0 Å². The normalized spacial score (nSPS) is 17.2. The Morgan fingerprint density at radius 1 is 1.11 bits per heavy atom. The minimum absolute atomic E-state index is 0.169. The molecule has 2 aromatic carbocycles. The molecule has 3 aromatic rings. The van der Waals surface area contributed by atoms with Gasteiger partial charge in [-0.1, -0.05) is 41.7 Å². The largest absolute Gasteiger partial charge is 0.334 e. The average Bonchev–Trinajstić information content (AvgIpc) is 3.17. The summed E-state index contributed by atoms with van der Waals surface area (Å²) in [4.78, 5) is 32.9. The van der Waals surface area contributed by atoms with E-state index in [1.54, 1.807) is 4.57 Å². The van der Waals surface area contributed by atoms with Crippen molar-refractivity contribution in [2.45, 2.75) is 13.6 Å². The highest BCUT2D eigenvalue weighted by molar-refractivity contribution is 7.07. The van der Waals surface area contributed by atoms with E-state index >= 15 is 0 Å². The fourth-order valence-electron chi connectivity index (χ4n) is 3.49. The number of hydrogen-bond donors (Lipinski definition) is 1. The molecule has 3 heterocycles. The lowest BCUT2D eigenvalue weighted by atomic mass is 10.1. The first-order valence-corrected chi connectivity index (χ1v) is 9.44. The number of anilines is 2. The van der Waals surface area contributed by atoms with Crippen molar-refractivity contribution in [1.29, 1.82) is 0 Å². The lowest BCUT2D eigenvalue weighted by Gasteiger charge is -2.25. The van der Waals surface area contributed by atoms with Crippen LogP contribution in [-0.4, -0.2) is 17.1 Å². The molecule has 0 saturated heterocycles. The molecule has 1 N–H and O–H groups in total. The molecule has 1 aromatic heterocycles. The van der Waals surface area contributed by atoms with Gasteiger partial charge in [0.05, 0.1) is 5.57 Å². The molecular formula is C20H16N4O2S. The summed E-state index contributed by atoms with van der Waals surface area (Å²) < 4.78 is 2.09. The molecule has 0 radical (unpaired) electrons. The Morgan fingerprint density at radius 3 is 2.81 bits per heavy atom. The second-order valence-corrected chi connectivity index (χ2v) is 7.62. The Morgan fingerprint density at radius 2 is 1.96 bits per heavy atom. The minimum Gasteiger partial charge on any atom is -0.334 e. The number of amides is 1. The van der Waals surface area contributed by atoms with Gasteiger partial charge in [0.25, 0.3) is 11.5 Å². The van der Waals surface area contributed by atoms with E-state index in [1.807, 2.05) is 54.3 Å². The van der Waals surface area contributed by atoms with Crippen molar-refractivity contribution in [3.05, 3.63) is 79.3 Å². The lowest BCUT2D eigenvalue weighted by Crippen LogP contribution is -2.43. The van der Waals surface area contributed by atoms with Crippen LogP contribution < -0.4 is 25.1 Å². The monoisotopic (exact) mass is 376 g/mol. The van der Waals surface area contributed by atoms with Crippen LogP contribution in [0.5, 0.6) is 0 Å². The summed E-state index contributed by atoms with van der Waals surface area (Å²) in [5.41, 5.74) is 3.98. The Bertz CT molecular complexity index is 1270. The van der Waals surface area contributed by atoms with E-state index in [4.69, 9.17) is 0 Å². The van der Waals surface area contributed by atoms with Gasteiger partial charge in [0.1, 0.15) is 17.9 Å². The van der Waals surface area contributed by atoms with Gasteiger partial charge >= 0.3 is 0 Å². The standard InChI is InChI=1S/C20H16N4O2S/c1-12-5-4-6-13(9-12)23-10-21-20-24(11-23)19(26)17(27-20)16-14-7-2-3-8-15(14)22-18(16)25/h2-9H,10-11H2,1H3,(H,22,25)/b17-16-. The second-order valence-electron chi connectivity index (χ2n) is 6.64. The van der Waals surface area contributed by atoms with E-state index in [1.165, 1.54) is 11.3 Å². The molecule has 0 atom stereocenters. The van der Waals surface area contributed by atoms with Crippen molar-refractivity contribution in [1.82, 2.24) is 4.57 Å². The number of aromatic nitrogens is 1. The number of carbonyl (C=O) groups excluding carboxylic acids is 1. The molecule has 7 heteroatoms. The molecule has 0 saturated carbocycles. The van der Waals surface area contributed by atoms with Crippen molar-refractivity contribution >= 4 is 34.2 Å². The first-order valence-electron chi connectivity index (χ1n) is 8.62. The van der Waals surface area contributed by atoms with Crippen molar-refractivity contribution in [3.8, 4) is 0 Å². The SMILES string of the molecule is Cc1cccc(N2CN=c3s/c(=C4\C(=O)Nc5ccccc54)c(=O)n3C2)c1. The maximum Gasteiger partial charge on any atom is 0.272 e. The Labute approximate surface area is 158 Å². The number of nitrogens with one attached hydrogen (secondary N) is 1.